The topological polar surface area (TPSA) is 79.7 Å². The molecule has 1 aliphatic heterocycles. The summed E-state index contributed by atoms with van der Waals surface area (Å²) in [6.07, 6.45) is 2.87. The number of anilines is 1. The Balaban J connectivity index is 1.95. The summed E-state index contributed by atoms with van der Waals surface area (Å²) < 4.78 is 33.2. The van der Waals surface area contributed by atoms with Crippen molar-refractivity contribution in [2.24, 2.45) is 0 Å². The number of ketones is 1. The maximum atomic E-state index is 14.6. The zero-order chi connectivity index (χ0) is 23.0. The van der Waals surface area contributed by atoms with Gasteiger partial charge >= 0.3 is 0 Å². The van der Waals surface area contributed by atoms with Crippen LogP contribution in [0.25, 0.3) is 5.76 Å². The second kappa shape index (κ2) is 8.39. The molecule has 0 spiro atoms. The van der Waals surface area contributed by atoms with Gasteiger partial charge in [-0.1, -0.05) is 17.7 Å². The van der Waals surface area contributed by atoms with Crippen LogP contribution in [0.5, 0.6) is 5.75 Å². The first-order valence-electron chi connectivity index (χ1n) is 9.33. The Morgan fingerprint density at radius 1 is 1.16 bits per heavy atom. The van der Waals surface area contributed by atoms with Crippen LogP contribution in [0, 0.1) is 11.6 Å². The molecule has 1 unspecified atom stereocenters. The van der Waals surface area contributed by atoms with Gasteiger partial charge < -0.3 is 9.84 Å². The third kappa shape index (κ3) is 3.58. The van der Waals surface area contributed by atoms with E-state index in [1.54, 1.807) is 12.1 Å². The SMILES string of the molecule is COc1ccc(/C(O)=C2\C(=O)C(=O)N(c3ccc(F)cc3F)C2c2cccnc2)cc1Cl. The van der Waals surface area contributed by atoms with Crippen LogP contribution in [-0.4, -0.2) is 28.9 Å². The Hall–Kier alpha value is -3.78. The van der Waals surface area contributed by atoms with Gasteiger partial charge in [-0.2, -0.15) is 0 Å². The molecule has 0 bridgehead atoms. The highest BCUT2D eigenvalue weighted by Crippen LogP contribution is 2.43. The van der Waals surface area contributed by atoms with Crippen LogP contribution >= 0.6 is 11.6 Å². The van der Waals surface area contributed by atoms with Gasteiger partial charge in [-0.05, 0) is 42.0 Å². The molecule has 1 aliphatic rings. The van der Waals surface area contributed by atoms with Crippen LogP contribution in [0.1, 0.15) is 17.2 Å². The number of ether oxygens (including phenoxy) is 1. The number of aromatic nitrogens is 1. The number of hydrogen-bond acceptors (Lipinski definition) is 5. The Bertz CT molecular complexity index is 1260. The Labute approximate surface area is 186 Å². The molecular formula is C23H15ClF2N2O4. The summed E-state index contributed by atoms with van der Waals surface area (Å²) in [5, 5.41) is 11.2. The van der Waals surface area contributed by atoms with Gasteiger partial charge in [0, 0.05) is 24.0 Å². The monoisotopic (exact) mass is 456 g/mol. The van der Waals surface area contributed by atoms with Crippen LogP contribution in [0.3, 0.4) is 0 Å². The highest BCUT2D eigenvalue weighted by atomic mass is 35.5. The number of pyridine rings is 1. The quantitative estimate of drug-likeness (QED) is 0.351. The third-order valence-corrected chi connectivity index (χ3v) is 5.33. The summed E-state index contributed by atoms with van der Waals surface area (Å²) in [6, 6.07) is 8.92. The average molecular weight is 457 g/mol. The van der Waals surface area contributed by atoms with Gasteiger partial charge in [0.25, 0.3) is 11.7 Å². The van der Waals surface area contributed by atoms with Gasteiger partial charge in [-0.3, -0.25) is 19.5 Å². The molecular weight excluding hydrogens is 442 g/mol. The normalized spacial score (nSPS) is 17.6. The third-order valence-electron chi connectivity index (χ3n) is 5.04. The standard InChI is InChI=1S/C23H15ClF2N2O4/c1-32-18-7-4-12(9-15(18)24)21(29)19-20(13-3-2-8-27-11-13)28(23(31)22(19)30)17-6-5-14(25)10-16(17)26/h2-11,20,29H,1H3/b21-19+. The smallest absolute Gasteiger partial charge is 0.300 e. The largest absolute Gasteiger partial charge is 0.507 e. The van der Waals surface area contributed by atoms with E-state index in [2.05, 4.69) is 4.98 Å². The van der Waals surface area contributed by atoms with Crippen molar-refractivity contribution in [2.45, 2.75) is 6.04 Å². The van der Waals surface area contributed by atoms with Crippen molar-refractivity contribution in [3.8, 4) is 5.75 Å². The lowest BCUT2D eigenvalue weighted by molar-refractivity contribution is -0.132. The Morgan fingerprint density at radius 3 is 2.56 bits per heavy atom. The minimum atomic E-state index is -1.20. The molecule has 0 radical (unpaired) electrons. The molecule has 1 saturated heterocycles. The van der Waals surface area contributed by atoms with Crippen molar-refractivity contribution in [2.75, 3.05) is 12.0 Å². The summed E-state index contributed by atoms with van der Waals surface area (Å²) in [4.78, 5) is 30.8. The van der Waals surface area contributed by atoms with E-state index in [1.807, 2.05) is 0 Å². The zero-order valence-electron chi connectivity index (χ0n) is 16.6. The second-order valence-electron chi connectivity index (χ2n) is 6.90. The number of rotatable bonds is 4. The van der Waals surface area contributed by atoms with Gasteiger partial charge in [0.2, 0.25) is 0 Å². The van der Waals surface area contributed by atoms with Gasteiger partial charge in [0.1, 0.15) is 23.1 Å². The van der Waals surface area contributed by atoms with Crippen molar-refractivity contribution in [3.05, 3.63) is 94.3 Å². The highest BCUT2D eigenvalue weighted by Gasteiger charge is 2.47. The van der Waals surface area contributed by atoms with Crippen molar-refractivity contribution < 1.29 is 28.2 Å². The first kappa shape index (κ1) is 21.5. The van der Waals surface area contributed by atoms with E-state index in [0.29, 0.717) is 17.4 Å². The maximum absolute atomic E-state index is 14.6. The van der Waals surface area contributed by atoms with E-state index in [0.717, 1.165) is 17.0 Å². The van der Waals surface area contributed by atoms with Crippen LogP contribution < -0.4 is 9.64 Å². The molecule has 1 aromatic heterocycles. The summed E-state index contributed by atoms with van der Waals surface area (Å²) in [5.74, 6) is -4.15. The van der Waals surface area contributed by atoms with E-state index in [9.17, 15) is 23.5 Å². The van der Waals surface area contributed by atoms with Crippen molar-refractivity contribution >= 4 is 34.7 Å². The van der Waals surface area contributed by atoms with Gasteiger partial charge in [-0.15, -0.1) is 0 Å². The predicted molar refractivity (Wildman–Crippen MR) is 113 cm³/mol. The van der Waals surface area contributed by atoms with Crippen LogP contribution in [-0.2, 0) is 9.59 Å². The van der Waals surface area contributed by atoms with Crippen molar-refractivity contribution in [3.63, 3.8) is 0 Å². The minimum absolute atomic E-state index is 0.155. The number of halogens is 3. The number of aliphatic hydroxyl groups is 1. The molecule has 1 N–H and O–H groups in total. The lowest BCUT2D eigenvalue weighted by Gasteiger charge is -2.25. The number of methoxy groups -OCH3 is 1. The molecule has 1 amide bonds. The fourth-order valence-electron chi connectivity index (χ4n) is 3.58. The average Bonchev–Trinajstić information content (AvgIpc) is 3.04. The summed E-state index contributed by atoms with van der Waals surface area (Å²) in [5.41, 5.74) is -0.0963. The minimum Gasteiger partial charge on any atom is -0.507 e. The molecule has 1 fully saturated rings. The first-order valence-corrected chi connectivity index (χ1v) is 9.71. The summed E-state index contributed by atoms with van der Waals surface area (Å²) >= 11 is 6.14. The number of benzene rings is 2. The van der Waals surface area contributed by atoms with Gasteiger partial charge in [-0.25, -0.2) is 8.78 Å². The van der Waals surface area contributed by atoms with Gasteiger partial charge in [0.05, 0.1) is 29.4 Å². The van der Waals surface area contributed by atoms with Crippen molar-refractivity contribution in [1.29, 1.82) is 0 Å². The molecule has 0 saturated carbocycles. The lowest BCUT2D eigenvalue weighted by Crippen LogP contribution is -2.30. The zero-order valence-corrected chi connectivity index (χ0v) is 17.3. The molecule has 2 aromatic carbocycles. The number of nitrogens with zero attached hydrogens (tertiary/aromatic N) is 2. The number of aliphatic hydroxyl groups excluding tert-OH is 1. The maximum Gasteiger partial charge on any atom is 0.300 e. The second-order valence-corrected chi connectivity index (χ2v) is 7.31. The fraction of sp³-hybridized carbons (Fsp3) is 0.0870. The Morgan fingerprint density at radius 2 is 1.94 bits per heavy atom. The van der Waals surface area contributed by atoms with Crippen LogP contribution in [0.15, 0.2) is 66.5 Å². The molecule has 0 aliphatic carbocycles. The highest BCUT2D eigenvalue weighted by molar-refractivity contribution is 6.51. The van der Waals surface area contributed by atoms with E-state index < -0.39 is 35.1 Å². The number of carbonyl (C=O) groups excluding carboxylic acids is 2. The van der Waals surface area contributed by atoms with E-state index in [1.165, 1.54) is 37.7 Å². The molecule has 32 heavy (non-hydrogen) atoms. The number of hydrogen-bond donors (Lipinski definition) is 1. The van der Waals surface area contributed by atoms with Crippen LogP contribution in [0.4, 0.5) is 14.5 Å². The van der Waals surface area contributed by atoms with E-state index in [4.69, 9.17) is 16.3 Å². The molecule has 1 atom stereocenters. The van der Waals surface area contributed by atoms with E-state index in [-0.39, 0.29) is 21.8 Å². The summed E-state index contributed by atoms with van der Waals surface area (Å²) in [6.45, 7) is 0. The first-order chi connectivity index (χ1) is 15.3. The van der Waals surface area contributed by atoms with Gasteiger partial charge in [0.15, 0.2) is 0 Å². The predicted octanol–water partition coefficient (Wildman–Crippen LogP) is 4.65. The summed E-state index contributed by atoms with van der Waals surface area (Å²) in [7, 11) is 1.42. The molecule has 4 rings (SSSR count). The van der Waals surface area contributed by atoms with Crippen molar-refractivity contribution in [1.82, 2.24) is 4.98 Å². The molecule has 6 nitrogen and oxygen atoms in total. The van der Waals surface area contributed by atoms with Crippen LogP contribution in [0.2, 0.25) is 5.02 Å². The molecule has 9 heteroatoms. The number of amides is 1. The van der Waals surface area contributed by atoms with E-state index >= 15 is 0 Å². The Kier molecular flexibility index (Phi) is 5.63. The number of Topliss-reactive ketones (excluding diaryl/α,β-unsaturated/α-hetero) is 1. The molecule has 3 aromatic rings. The number of carbonyl (C=O) groups is 2. The fourth-order valence-corrected chi connectivity index (χ4v) is 3.84. The lowest BCUT2D eigenvalue weighted by atomic mass is 9.96. The molecule has 162 valence electrons. The molecule has 2 heterocycles.